The number of rotatable bonds is 3. The fourth-order valence-electron chi connectivity index (χ4n) is 3.46. The van der Waals surface area contributed by atoms with Crippen molar-refractivity contribution in [1.29, 1.82) is 0 Å². The number of hydrogen-bond donors (Lipinski definition) is 1. The molecule has 1 saturated heterocycles. The molecule has 1 aromatic heterocycles. The van der Waals surface area contributed by atoms with Crippen LogP contribution in [0.5, 0.6) is 0 Å². The molecule has 2 amide bonds. The van der Waals surface area contributed by atoms with E-state index < -0.39 is 11.6 Å². The number of nitrogens with zero attached hydrogens (tertiary/aromatic N) is 1. The Bertz CT molecular complexity index is 518. The average molecular weight is 290 g/mol. The SMILES string of the molecule is CC1C(=O)NC2(CCCCC2)C(=O)N1CCc1ccco1. The van der Waals surface area contributed by atoms with Gasteiger partial charge in [-0.05, 0) is 31.9 Å². The van der Waals surface area contributed by atoms with Crippen molar-refractivity contribution >= 4 is 11.8 Å². The van der Waals surface area contributed by atoms with Gasteiger partial charge in [-0.3, -0.25) is 9.59 Å². The first kappa shape index (κ1) is 14.2. The van der Waals surface area contributed by atoms with E-state index in [1.807, 2.05) is 12.1 Å². The van der Waals surface area contributed by atoms with E-state index in [1.165, 1.54) is 0 Å². The van der Waals surface area contributed by atoms with Gasteiger partial charge in [0.2, 0.25) is 11.8 Å². The lowest BCUT2D eigenvalue weighted by molar-refractivity contribution is -0.156. The molecular formula is C16H22N2O3. The normalized spacial score (nSPS) is 25.2. The van der Waals surface area contributed by atoms with Crippen LogP contribution in [0, 0.1) is 0 Å². The largest absolute Gasteiger partial charge is 0.469 e. The smallest absolute Gasteiger partial charge is 0.249 e. The average Bonchev–Trinajstić information content (AvgIpc) is 3.00. The van der Waals surface area contributed by atoms with E-state index >= 15 is 0 Å². The summed E-state index contributed by atoms with van der Waals surface area (Å²) in [6.45, 7) is 2.33. The Labute approximate surface area is 124 Å². The van der Waals surface area contributed by atoms with Gasteiger partial charge >= 0.3 is 0 Å². The first-order valence-corrected chi connectivity index (χ1v) is 7.78. The van der Waals surface area contributed by atoms with Crippen molar-refractivity contribution in [1.82, 2.24) is 10.2 Å². The minimum Gasteiger partial charge on any atom is -0.469 e. The maximum Gasteiger partial charge on any atom is 0.249 e. The number of piperazine rings is 1. The molecule has 0 radical (unpaired) electrons. The van der Waals surface area contributed by atoms with Crippen LogP contribution in [0.15, 0.2) is 22.8 Å². The molecule has 3 rings (SSSR count). The molecule has 1 atom stereocenters. The van der Waals surface area contributed by atoms with E-state index in [2.05, 4.69) is 5.32 Å². The molecule has 21 heavy (non-hydrogen) atoms. The van der Waals surface area contributed by atoms with E-state index in [0.717, 1.165) is 37.9 Å². The highest BCUT2D eigenvalue weighted by Crippen LogP contribution is 2.33. The van der Waals surface area contributed by atoms with Crippen LogP contribution in [-0.2, 0) is 16.0 Å². The summed E-state index contributed by atoms with van der Waals surface area (Å²) in [4.78, 5) is 26.9. The molecule has 0 bridgehead atoms. The summed E-state index contributed by atoms with van der Waals surface area (Å²) in [5.41, 5.74) is -0.648. The van der Waals surface area contributed by atoms with Gasteiger partial charge in [0, 0.05) is 13.0 Å². The fourth-order valence-corrected chi connectivity index (χ4v) is 3.46. The van der Waals surface area contributed by atoms with E-state index in [1.54, 1.807) is 18.1 Å². The van der Waals surface area contributed by atoms with Crippen LogP contribution in [0.2, 0.25) is 0 Å². The Morgan fingerprint density at radius 3 is 2.76 bits per heavy atom. The molecule has 1 aliphatic carbocycles. The predicted octanol–water partition coefficient (Wildman–Crippen LogP) is 1.87. The topological polar surface area (TPSA) is 62.6 Å². The Morgan fingerprint density at radius 2 is 2.10 bits per heavy atom. The molecule has 1 saturated carbocycles. The van der Waals surface area contributed by atoms with Gasteiger partial charge in [0.05, 0.1) is 6.26 Å². The van der Waals surface area contributed by atoms with Crippen LogP contribution in [0.25, 0.3) is 0 Å². The van der Waals surface area contributed by atoms with Gasteiger partial charge in [0.1, 0.15) is 17.3 Å². The molecule has 2 heterocycles. The third-order valence-corrected chi connectivity index (χ3v) is 4.77. The van der Waals surface area contributed by atoms with Crippen LogP contribution in [0.4, 0.5) is 0 Å². The number of nitrogens with one attached hydrogen (secondary N) is 1. The summed E-state index contributed by atoms with van der Waals surface area (Å²) in [7, 11) is 0. The maximum atomic E-state index is 12.9. The monoisotopic (exact) mass is 290 g/mol. The Hall–Kier alpha value is -1.78. The standard InChI is InChI=1S/C16H22N2O3/c1-12-14(19)17-16(8-3-2-4-9-16)15(20)18(12)10-7-13-6-5-11-21-13/h5-6,11-12H,2-4,7-10H2,1H3,(H,17,19). The van der Waals surface area contributed by atoms with Crippen LogP contribution < -0.4 is 5.32 Å². The fraction of sp³-hybridized carbons (Fsp3) is 0.625. The van der Waals surface area contributed by atoms with Gasteiger partial charge in [-0.25, -0.2) is 0 Å². The van der Waals surface area contributed by atoms with Crippen molar-refractivity contribution in [3.05, 3.63) is 24.2 Å². The first-order chi connectivity index (χ1) is 10.1. The van der Waals surface area contributed by atoms with Crippen LogP contribution in [-0.4, -0.2) is 34.8 Å². The molecule has 1 aliphatic heterocycles. The van der Waals surface area contributed by atoms with Crippen molar-refractivity contribution in [3.63, 3.8) is 0 Å². The Kier molecular flexibility index (Phi) is 3.74. The van der Waals surface area contributed by atoms with E-state index in [4.69, 9.17) is 4.42 Å². The zero-order valence-electron chi connectivity index (χ0n) is 12.4. The summed E-state index contributed by atoms with van der Waals surface area (Å²) in [6, 6.07) is 3.33. The van der Waals surface area contributed by atoms with Gasteiger partial charge in [0.15, 0.2) is 0 Å². The lowest BCUT2D eigenvalue weighted by Crippen LogP contribution is -2.70. The molecular weight excluding hydrogens is 268 g/mol. The van der Waals surface area contributed by atoms with Crippen molar-refractivity contribution in [2.45, 2.75) is 57.0 Å². The van der Waals surface area contributed by atoms with Gasteiger partial charge in [-0.1, -0.05) is 19.3 Å². The summed E-state index contributed by atoms with van der Waals surface area (Å²) in [5, 5.41) is 3.00. The van der Waals surface area contributed by atoms with Gasteiger partial charge < -0.3 is 14.6 Å². The minimum absolute atomic E-state index is 0.0315. The van der Waals surface area contributed by atoms with E-state index in [0.29, 0.717) is 13.0 Å². The number of hydrogen-bond acceptors (Lipinski definition) is 3. The van der Waals surface area contributed by atoms with Gasteiger partial charge in [-0.15, -0.1) is 0 Å². The molecule has 5 heteroatoms. The highest BCUT2D eigenvalue weighted by molar-refractivity contribution is 5.99. The molecule has 1 unspecified atom stereocenters. The number of furan rings is 1. The lowest BCUT2D eigenvalue weighted by atomic mass is 9.78. The molecule has 0 aromatic carbocycles. The molecule has 1 spiro atoms. The molecule has 2 fully saturated rings. The van der Waals surface area contributed by atoms with Gasteiger partial charge in [0.25, 0.3) is 0 Å². The van der Waals surface area contributed by atoms with Crippen LogP contribution in [0.3, 0.4) is 0 Å². The molecule has 114 valence electrons. The quantitative estimate of drug-likeness (QED) is 0.924. The second-order valence-electron chi connectivity index (χ2n) is 6.14. The maximum absolute atomic E-state index is 12.9. The summed E-state index contributed by atoms with van der Waals surface area (Å²) in [6.07, 6.45) is 6.97. The molecule has 1 aromatic rings. The van der Waals surface area contributed by atoms with E-state index in [-0.39, 0.29) is 11.8 Å². The lowest BCUT2D eigenvalue weighted by Gasteiger charge is -2.46. The second kappa shape index (κ2) is 5.54. The number of carbonyl (C=O) groups is 2. The van der Waals surface area contributed by atoms with Crippen molar-refractivity contribution < 1.29 is 14.0 Å². The zero-order valence-corrected chi connectivity index (χ0v) is 12.4. The third kappa shape index (κ3) is 2.57. The number of amides is 2. The van der Waals surface area contributed by atoms with E-state index in [9.17, 15) is 9.59 Å². The zero-order chi connectivity index (χ0) is 14.9. The minimum atomic E-state index is -0.648. The first-order valence-electron chi connectivity index (χ1n) is 7.78. The van der Waals surface area contributed by atoms with Crippen LogP contribution in [0.1, 0.15) is 44.8 Å². The molecule has 2 aliphatic rings. The Balaban J connectivity index is 1.76. The Morgan fingerprint density at radius 1 is 1.33 bits per heavy atom. The summed E-state index contributed by atoms with van der Waals surface area (Å²) >= 11 is 0. The third-order valence-electron chi connectivity index (χ3n) is 4.77. The summed E-state index contributed by atoms with van der Waals surface area (Å²) < 4.78 is 5.32. The molecule has 5 nitrogen and oxygen atoms in total. The van der Waals surface area contributed by atoms with Crippen molar-refractivity contribution in [2.24, 2.45) is 0 Å². The van der Waals surface area contributed by atoms with Gasteiger partial charge in [-0.2, -0.15) is 0 Å². The predicted molar refractivity (Wildman–Crippen MR) is 77.5 cm³/mol. The van der Waals surface area contributed by atoms with Crippen LogP contribution >= 0.6 is 0 Å². The summed E-state index contributed by atoms with van der Waals surface area (Å²) in [5.74, 6) is 0.899. The van der Waals surface area contributed by atoms with Crippen molar-refractivity contribution in [3.8, 4) is 0 Å². The number of carbonyl (C=O) groups excluding carboxylic acids is 2. The highest BCUT2D eigenvalue weighted by Gasteiger charge is 2.49. The highest BCUT2D eigenvalue weighted by atomic mass is 16.3. The molecule has 1 N–H and O–H groups in total. The van der Waals surface area contributed by atoms with Crippen molar-refractivity contribution in [2.75, 3.05) is 6.54 Å². The second-order valence-corrected chi connectivity index (χ2v) is 6.14.